The number of ether oxygens (including phenoxy) is 1. The zero-order chi connectivity index (χ0) is 12.3. The number of rotatable bonds is 3. The molecule has 0 aromatic heterocycles. The van der Waals surface area contributed by atoms with Crippen molar-refractivity contribution < 1.29 is 14.3 Å². The van der Waals surface area contributed by atoms with Gasteiger partial charge in [0.25, 0.3) is 0 Å². The van der Waals surface area contributed by atoms with Crippen molar-refractivity contribution >= 4 is 22.7 Å². The predicted octanol–water partition coefficient (Wildman–Crippen LogP) is 2.55. The predicted molar refractivity (Wildman–Crippen MR) is 67.5 cm³/mol. The summed E-state index contributed by atoms with van der Waals surface area (Å²) in [6, 6.07) is 7.18. The number of para-hydroxylation sites is 1. The number of fused-ring (bicyclic) bond motifs is 1. The fourth-order valence-corrected chi connectivity index (χ4v) is 2.50. The summed E-state index contributed by atoms with van der Waals surface area (Å²) in [5.74, 6) is 1.08. The van der Waals surface area contributed by atoms with E-state index in [4.69, 9.17) is 4.74 Å². The van der Waals surface area contributed by atoms with E-state index in [9.17, 15) is 9.59 Å². The van der Waals surface area contributed by atoms with Gasteiger partial charge in [-0.1, -0.05) is 30.8 Å². The molecule has 90 valence electrons. The summed E-state index contributed by atoms with van der Waals surface area (Å²) in [6.07, 6.45) is 0.270. The number of carbonyl (C=O) groups excluding carboxylic acids is 2. The molecule has 0 bridgehead atoms. The van der Waals surface area contributed by atoms with Crippen molar-refractivity contribution in [1.29, 1.82) is 0 Å². The van der Waals surface area contributed by atoms with Crippen LogP contribution in [0.4, 0.5) is 0 Å². The van der Waals surface area contributed by atoms with Crippen LogP contribution in [0.25, 0.3) is 0 Å². The lowest BCUT2D eigenvalue weighted by atomic mass is 9.93. The van der Waals surface area contributed by atoms with Gasteiger partial charge < -0.3 is 4.74 Å². The van der Waals surface area contributed by atoms with Gasteiger partial charge in [-0.15, -0.1) is 0 Å². The van der Waals surface area contributed by atoms with Crippen molar-refractivity contribution in [3.63, 3.8) is 0 Å². The molecule has 0 amide bonds. The molecule has 1 aromatic rings. The molecule has 0 saturated heterocycles. The SMILES string of the molecule is CCSC(=O)C[C@H]1COc2ccccc2C1=O. The average Bonchev–Trinajstić information content (AvgIpc) is 2.33. The summed E-state index contributed by atoms with van der Waals surface area (Å²) in [5, 5.41) is 0.0637. The van der Waals surface area contributed by atoms with Gasteiger partial charge in [-0.25, -0.2) is 0 Å². The maximum Gasteiger partial charge on any atom is 0.189 e. The molecule has 1 aliphatic rings. The summed E-state index contributed by atoms with van der Waals surface area (Å²) >= 11 is 1.26. The molecule has 0 aliphatic carbocycles. The Balaban J connectivity index is 2.10. The highest BCUT2D eigenvalue weighted by Crippen LogP contribution is 2.29. The third kappa shape index (κ3) is 2.69. The van der Waals surface area contributed by atoms with Gasteiger partial charge in [-0.05, 0) is 17.9 Å². The van der Waals surface area contributed by atoms with Crippen molar-refractivity contribution in [3.05, 3.63) is 29.8 Å². The maximum atomic E-state index is 12.1. The Morgan fingerprint density at radius 3 is 3.00 bits per heavy atom. The molecule has 2 rings (SSSR count). The van der Waals surface area contributed by atoms with Crippen molar-refractivity contribution in [2.45, 2.75) is 13.3 Å². The Bertz CT molecular complexity index is 442. The van der Waals surface area contributed by atoms with E-state index < -0.39 is 0 Å². The van der Waals surface area contributed by atoms with E-state index in [1.807, 2.05) is 19.1 Å². The molecular weight excluding hydrogens is 236 g/mol. The molecule has 0 unspecified atom stereocenters. The monoisotopic (exact) mass is 250 g/mol. The van der Waals surface area contributed by atoms with Gasteiger partial charge in [0, 0.05) is 6.42 Å². The number of hydrogen-bond acceptors (Lipinski definition) is 4. The van der Waals surface area contributed by atoms with Crippen LogP contribution in [-0.2, 0) is 4.79 Å². The molecule has 0 fully saturated rings. The molecule has 0 saturated carbocycles. The molecule has 3 nitrogen and oxygen atoms in total. The standard InChI is InChI=1S/C13H14O3S/c1-2-17-12(14)7-9-8-16-11-6-4-3-5-10(11)13(9)15/h3-6,9H,2,7-8H2,1H3/t9-/m0/s1. The number of carbonyl (C=O) groups is 2. The molecule has 1 aromatic carbocycles. The molecule has 1 atom stereocenters. The summed E-state index contributed by atoms with van der Waals surface area (Å²) < 4.78 is 5.50. The summed E-state index contributed by atoms with van der Waals surface area (Å²) in [6.45, 7) is 2.24. The van der Waals surface area contributed by atoms with E-state index >= 15 is 0 Å². The largest absolute Gasteiger partial charge is 0.492 e. The Kier molecular flexibility index (Phi) is 3.84. The number of thioether (sulfide) groups is 1. The third-order valence-electron chi connectivity index (χ3n) is 2.68. The van der Waals surface area contributed by atoms with Crippen LogP contribution in [0.15, 0.2) is 24.3 Å². The third-order valence-corrected chi connectivity index (χ3v) is 3.46. The van der Waals surface area contributed by atoms with Gasteiger partial charge in [0.2, 0.25) is 0 Å². The minimum atomic E-state index is -0.323. The van der Waals surface area contributed by atoms with Crippen LogP contribution in [0, 0.1) is 5.92 Å². The van der Waals surface area contributed by atoms with Gasteiger partial charge in [-0.3, -0.25) is 9.59 Å². The van der Waals surface area contributed by atoms with E-state index in [0.29, 0.717) is 17.9 Å². The number of ketones is 1. The van der Waals surface area contributed by atoms with E-state index in [2.05, 4.69) is 0 Å². The zero-order valence-electron chi connectivity index (χ0n) is 9.64. The summed E-state index contributed by atoms with van der Waals surface area (Å²) in [5.41, 5.74) is 0.595. The fourth-order valence-electron chi connectivity index (χ4n) is 1.85. The van der Waals surface area contributed by atoms with Crippen LogP contribution < -0.4 is 4.74 Å². The van der Waals surface area contributed by atoms with Gasteiger partial charge in [0.05, 0.1) is 18.1 Å². The molecule has 1 aliphatic heterocycles. The molecule has 0 radical (unpaired) electrons. The Hall–Kier alpha value is -1.29. The van der Waals surface area contributed by atoms with Crippen LogP contribution in [0.1, 0.15) is 23.7 Å². The Labute approximate surface area is 105 Å². The lowest BCUT2D eigenvalue weighted by Gasteiger charge is -2.23. The first-order chi connectivity index (χ1) is 8.22. The average molecular weight is 250 g/mol. The van der Waals surface area contributed by atoms with Gasteiger partial charge in [0.15, 0.2) is 10.9 Å². The van der Waals surface area contributed by atoms with E-state index in [1.165, 1.54) is 11.8 Å². The second kappa shape index (κ2) is 5.36. The molecule has 0 N–H and O–H groups in total. The molecule has 1 heterocycles. The van der Waals surface area contributed by atoms with Crippen molar-refractivity contribution in [2.24, 2.45) is 5.92 Å². The lowest BCUT2D eigenvalue weighted by molar-refractivity contribution is -0.111. The normalized spacial score (nSPS) is 18.4. The second-order valence-corrected chi connectivity index (χ2v) is 5.20. The molecule has 0 spiro atoms. The Morgan fingerprint density at radius 2 is 2.24 bits per heavy atom. The first kappa shape index (κ1) is 12.2. The van der Waals surface area contributed by atoms with Crippen LogP contribution in [0.5, 0.6) is 5.75 Å². The quantitative estimate of drug-likeness (QED) is 0.827. The van der Waals surface area contributed by atoms with Gasteiger partial charge >= 0.3 is 0 Å². The van der Waals surface area contributed by atoms with Gasteiger partial charge in [0.1, 0.15) is 5.75 Å². The summed E-state index contributed by atoms with van der Waals surface area (Å²) in [7, 11) is 0. The smallest absolute Gasteiger partial charge is 0.189 e. The highest BCUT2D eigenvalue weighted by molar-refractivity contribution is 8.13. The molecular formula is C13H14O3S. The lowest BCUT2D eigenvalue weighted by Crippen LogP contribution is -2.29. The van der Waals surface area contributed by atoms with E-state index in [1.54, 1.807) is 12.1 Å². The zero-order valence-corrected chi connectivity index (χ0v) is 10.5. The van der Waals surface area contributed by atoms with Crippen LogP contribution in [0.3, 0.4) is 0 Å². The molecule has 4 heteroatoms. The number of Topliss-reactive ketones (excluding diaryl/α,β-unsaturated/α-hetero) is 1. The highest BCUT2D eigenvalue weighted by atomic mass is 32.2. The first-order valence-electron chi connectivity index (χ1n) is 5.64. The van der Waals surface area contributed by atoms with E-state index in [0.717, 1.165) is 5.75 Å². The van der Waals surface area contributed by atoms with Crippen molar-refractivity contribution in [1.82, 2.24) is 0 Å². The van der Waals surface area contributed by atoms with E-state index in [-0.39, 0.29) is 23.2 Å². The topological polar surface area (TPSA) is 43.4 Å². The number of benzene rings is 1. The highest BCUT2D eigenvalue weighted by Gasteiger charge is 2.30. The maximum absolute atomic E-state index is 12.1. The van der Waals surface area contributed by atoms with Gasteiger partial charge in [-0.2, -0.15) is 0 Å². The van der Waals surface area contributed by atoms with Crippen LogP contribution in [-0.4, -0.2) is 23.3 Å². The number of hydrogen-bond donors (Lipinski definition) is 0. The van der Waals surface area contributed by atoms with Crippen LogP contribution in [0.2, 0.25) is 0 Å². The van der Waals surface area contributed by atoms with Crippen molar-refractivity contribution in [3.8, 4) is 5.75 Å². The van der Waals surface area contributed by atoms with Crippen molar-refractivity contribution in [2.75, 3.05) is 12.4 Å². The molecule has 17 heavy (non-hydrogen) atoms. The second-order valence-electron chi connectivity index (χ2n) is 3.88. The van der Waals surface area contributed by atoms with Crippen LogP contribution >= 0.6 is 11.8 Å². The summed E-state index contributed by atoms with van der Waals surface area (Å²) in [4.78, 5) is 23.6. The minimum absolute atomic E-state index is 0.0249. The minimum Gasteiger partial charge on any atom is -0.492 e. The first-order valence-corrected chi connectivity index (χ1v) is 6.62. The fraction of sp³-hybridized carbons (Fsp3) is 0.385. The Morgan fingerprint density at radius 1 is 1.47 bits per heavy atom.